The largest absolute Gasteiger partial charge is 0.273 e. The van der Waals surface area contributed by atoms with Crippen molar-refractivity contribution in [2.24, 2.45) is 5.10 Å². The lowest BCUT2D eigenvalue weighted by molar-refractivity contribution is 0.719. The third-order valence-corrected chi connectivity index (χ3v) is 5.16. The van der Waals surface area contributed by atoms with E-state index in [2.05, 4.69) is 40.5 Å². The normalized spacial score (nSPS) is 11.3. The van der Waals surface area contributed by atoms with Gasteiger partial charge < -0.3 is 0 Å². The Kier molecular flexibility index (Phi) is 5.41. The summed E-state index contributed by atoms with van der Waals surface area (Å²) in [5.41, 5.74) is 4.88. The first kappa shape index (κ1) is 19.6. The maximum atomic E-state index is 4.91. The summed E-state index contributed by atoms with van der Waals surface area (Å²) in [6.07, 6.45) is 2.52. The summed E-state index contributed by atoms with van der Waals surface area (Å²) in [5.74, 6) is 1.32. The van der Waals surface area contributed by atoms with Crippen molar-refractivity contribution in [3.63, 3.8) is 0 Å². The lowest BCUT2D eigenvalue weighted by atomic mass is 10.1. The van der Waals surface area contributed by atoms with Crippen LogP contribution in [0.25, 0.3) is 28.5 Å². The highest BCUT2D eigenvalue weighted by Gasteiger charge is 2.19. The topological polar surface area (TPSA) is 60.9 Å². The first-order valence-corrected chi connectivity index (χ1v) is 10.6. The van der Waals surface area contributed by atoms with Gasteiger partial charge in [0.15, 0.2) is 5.82 Å². The van der Waals surface area contributed by atoms with Crippen LogP contribution in [-0.2, 0) is 6.42 Å². The fourth-order valence-electron chi connectivity index (χ4n) is 3.54. The number of rotatable bonds is 6. The standard InChI is InChI=1S/C26H22N6/c1-2-25-28-29-26(32(25)27-19-20-12-6-3-7-13-20)31-24(22-16-10-5-11-17-22)18-23(30-31)21-14-8-4-9-15-21/h3-19H,2H2,1H3/b27-19+. The average Bonchev–Trinajstić information content (AvgIpc) is 3.48. The lowest BCUT2D eigenvalue weighted by Crippen LogP contribution is -2.08. The molecule has 0 aliphatic carbocycles. The summed E-state index contributed by atoms with van der Waals surface area (Å²) < 4.78 is 3.59. The highest BCUT2D eigenvalue weighted by molar-refractivity contribution is 5.79. The summed E-state index contributed by atoms with van der Waals surface area (Å²) in [6, 6.07) is 32.4. The van der Waals surface area contributed by atoms with Gasteiger partial charge in [0.05, 0.1) is 17.6 Å². The Hall–Kier alpha value is -4.32. The predicted octanol–water partition coefficient (Wildman–Crippen LogP) is 5.24. The summed E-state index contributed by atoms with van der Waals surface area (Å²) in [6.45, 7) is 2.04. The van der Waals surface area contributed by atoms with Gasteiger partial charge in [-0.15, -0.1) is 10.2 Å². The van der Waals surface area contributed by atoms with Gasteiger partial charge >= 0.3 is 0 Å². The Labute approximate surface area is 186 Å². The van der Waals surface area contributed by atoms with E-state index in [-0.39, 0.29) is 0 Å². The van der Waals surface area contributed by atoms with Crippen LogP contribution < -0.4 is 0 Å². The Morgan fingerprint density at radius 3 is 2.06 bits per heavy atom. The van der Waals surface area contributed by atoms with Gasteiger partial charge in [-0.2, -0.15) is 19.6 Å². The second kappa shape index (κ2) is 8.81. The molecular formula is C26H22N6. The molecule has 0 radical (unpaired) electrons. The average molecular weight is 419 g/mol. The third kappa shape index (κ3) is 3.86. The minimum absolute atomic E-state index is 0.551. The van der Waals surface area contributed by atoms with Gasteiger partial charge in [0.1, 0.15) is 0 Å². The molecule has 0 aliphatic heterocycles. The van der Waals surface area contributed by atoms with Gasteiger partial charge in [-0.05, 0) is 11.6 Å². The molecule has 2 heterocycles. The molecule has 0 spiro atoms. The Morgan fingerprint density at radius 1 is 0.781 bits per heavy atom. The zero-order chi connectivity index (χ0) is 21.8. The molecule has 0 N–H and O–H groups in total. The lowest BCUT2D eigenvalue weighted by Gasteiger charge is -2.07. The van der Waals surface area contributed by atoms with Gasteiger partial charge in [-0.1, -0.05) is 97.9 Å². The number of nitrogens with zero attached hydrogens (tertiary/aromatic N) is 6. The van der Waals surface area contributed by atoms with Crippen molar-refractivity contribution in [2.45, 2.75) is 13.3 Å². The van der Waals surface area contributed by atoms with Crippen LogP contribution in [0.2, 0.25) is 0 Å². The summed E-state index contributed by atoms with van der Waals surface area (Å²) in [5, 5.41) is 18.5. The molecule has 2 aromatic heterocycles. The maximum Gasteiger partial charge on any atom is 0.273 e. The van der Waals surface area contributed by atoms with E-state index in [1.807, 2.05) is 84.6 Å². The molecule has 6 heteroatoms. The number of hydrogen-bond donors (Lipinski definition) is 0. The fraction of sp³-hybridized carbons (Fsp3) is 0.0769. The molecule has 0 saturated heterocycles. The van der Waals surface area contributed by atoms with Crippen LogP contribution in [0, 0.1) is 0 Å². The fourth-order valence-corrected chi connectivity index (χ4v) is 3.54. The van der Waals surface area contributed by atoms with Crippen LogP contribution in [0.3, 0.4) is 0 Å². The summed E-state index contributed by atoms with van der Waals surface area (Å²) in [4.78, 5) is 0. The first-order chi connectivity index (χ1) is 15.8. The van der Waals surface area contributed by atoms with Crippen LogP contribution in [0.1, 0.15) is 18.3 Å². The zero-order valence-electron chi connectivity index (χ0n) is 17.7. The van der Waals surface area contributed by atoms with Crippen molar-refractivity contribution in [3.8, 4) is 28.5 Å². The molecule has 6 nitrogen and oxygen atoms in total. The molecule has 0 atom stereocenters. The molecule has 3 aromatic carbocycles. The molecular weight excluding hydrogens is 396 g/mol. The Bertz CT molecular complexity index is 1340. The van der Waals surface area contributed by atoms with Crippen LogP contribution in [0.5, 0.6) is 0 Å². The van der Waals surface area contributed by atoms with Crippen molar-refractivity contribution >= 4 is 6.21 Å². The van der Waals surface area contributed by atoms with Gasteiger partial charge in [-0.3, -0.25) is 0 Å². The number of aromatic nitrogens is 5. The Morgan fingerprint density at radius 2 is 1.41 bits per heavy atom. The van der Waals surface area contributed by atoms with Gasteiger partial charge in [0.25, 0.3) is 5.95 Å². The molecule has 0 amide bonds. The predicted molar refractivity (Wildman–Crippen MR) is 127 cm³/mol. The molecule has 5 rings (SSSR count). The molecule has 0 fully saturated rings. The smallest absolute Gasteiger partial charge is 0.196 e. The van der Waals surface area contributed by atoms with E-state index in [0.717, 1.165) is 33.9 Å². The minimum Gasteiger partial charge on any atom is -0.196 e. The maximum absolute atomic E-state index is 4.91. The molecule has 0 saturated carbocycles. The third-order valence-electron chi connectivity index (χ3n) is 5.16. The van der Waals surface area contributed by atoms with E-state index in [0.29, 0.717) is 12.4 Å². The van der Waals surface area contributed by atoms with E-state index >= 15 is 0 Å². The van der Waals surface area contributed by atoms with E-state index in [4.69, 9.17) is 10.2 Å². The highest BCUT2D eigenvalue weighted by atomic mass is 15.5. The minimum atomic E-state index is 0.551. The molecule has 0 aliphatic rings. The van der Waals surface area contributed by atoms with Crippen molar-refractivity contribution in [1.82, 2.24) is 24.7 Å². The van der Waals surface area contributed by atoms with E-state index in [9.17, 15) is 0 Å². The van der Waals surface area contributed by atoms with Crippen LogP contribution in [-0.4, -0.2) is 30.9 Å². The van der Waals surface area contributed by atoms with Gasteiger partial charge in [-0.25, -0.2) is 0 Å². The second-order valence-electron chi connectivity index (χ2n) is 7.30. The van der Waals surface area contributed by atoms with Crippen molar-refractivity contribution in [1.29, 1.82) is 0 Å². The van der Waals surface area contributed by atoms with E-state index in [1.54, 1.807) is 4.68 Å². The molecule has 0 bridgehead atoms. The van der Waals surface area contributed by atoms with Gasteiger partial charge in [0.2, 0.25) is 0 Å². The quantitative estimate of drug-likeness (QED) is 0.354. The van der Waals surface area contributed by atoms with Crippen LogP contribution in [0.15, 0.2) is 102 Å². The van der Waals surface area contributed by atoms with E-state index < -0.39 is 0 Å². The molecule has 5 aromatic rings. The van der Waals surface area contributed by atoms with Crippen LogP contribution >= 0.6 is 0 Å². The van der Waals surface area contributed by atoms with Crippen LogP contribution in [0.4, 0.5) is 0 Å². The summed E-state index contributed by atoms with van der Waals surface area (Å²) >= 11 is 0. The highest BCUT2D eigenvalue weighted by Crippen LogP contribution is 2.28. The van der Waals surface area contributed by atoms with E-state index in [1.165, 1.54) is 0 Å². The van der Waals surface area contributed by atoms with Gasteiger partial charge in [0, 0.05) is 17.5 Å². The van der Waals surface area contributed by atoms with Crippen molar-refractivity contribution in [3.05, 3.63) is 108 Å². The Balaban J connectivity index is 1.67. The zero-order valence-corrected chi connectivity index (χ0v) is 17.7. The number of aryl methyl sites for hydroxylation is 1. The SMILES string of the molecule is CCc1nnc(-n2nc(-c3ccccc3)cc2-c2ccccc2)n1/N=C/c1ccccc1. The van der Waals surface area contributed by atoms with Crippen molar-refractivity contribution < 1.29 is 0 Å². The number of hydrogen-bond acceptors (Lipinski definition) is 4. The summed E-state index contributed by atoms with van der Waals surface area (Å²) in [7, 11) is 0. The molecule has 0 unspecified atom stereocenters. The molecule has 32 heavy (non-hydrogen) atoms. The monoisotopic (exact) mass is 418 g/mol. The molecule has 156 valence electrons. The second-order valence-corrected chi connectivity index (χ2v) is 7.30. The first-order valence-electron chi connectivity index (χ1n) is 10.6. The number of benzene rings is 3. The van der Waals surface area contributed by atoms with Crippen molar-refractivity contribution in [2.75, 3.05) is 0 Å².